The van der Waals surface area contributed by atoms with E-state index in [1.807, 2.05) is 43.6 Å². The first-order valence-corrected chi connectivity index (χ1v) is 21.3. The number of aliphatic hydroxyl groups is 3. The monoisotopic (exact) mass is 795 g/mol. The number of nitrogens with zero attached hydrogens (tertiary/aromatic N) is 2. The molecule has 1 spiro atoms. The van der Waals surface area contributed by atoms with E-state index in [0.29, 0.717) is 24.3 Å². The molecule has 1 saturated carbocycles. The van der Waals surface area contributed by atoms with E-state index in [1.54, 1.807) is 6.07 Å². The van der Waals surface area contributed by atoms with Crippen molar-refractivity contribution in [3.63, 3.8) is 0 Å². The fourth-order valence-electron chi connectivity index (χ4n) is 11.1. The second-order valence-corrected chi connectivity index (χ2v) is 17.9. The van der Waals surface area contributed by atoms with Gasteiger partial charge in [-0.1, -0.05) is 61.8 Å². The lowest BCUT2D eigenvalue weighted by molar-refractivity contribution is -0.891. The number of carbonyl (C=O) groups excluding carboxylic acids is 1. The minimum Gasteiger partial charge on any atom is -0.508 e. The number of aromatic hydroxyl groups is 1. The summed E-state index contributed by atoms with van der Waals surface area (Å²) in [6.07, 6.45) is 15.1. The average molecular weight is 796 g/mol. The number of hydrogen-bond donors (Lipinski definition) is 6. The van der Waals surface area contributed by atoms with Crippen LogP contribution in [-0.2, 0) is 11.2 Å². The summed E-state index contributed by atoms with van der Waals surface area (Å²) in [6, 6.07) is 7.22. The fourth-order valence-corrected chi connectivity index (χ4v) is 11.1. The third kappa shape index (κ3) is 6.65. The van der Waals surface area contributed by atoms with Gasteiger partial charge in [-0.05, 0) is 83.9 Å². The Balaban J connectivity index is 1.02. The second kappa shape index (κ2) is 14.9. The van der Waals surface area contributed by atoms with E-state index in [9.17, 15) is 25.2 Å². The maximum atomic E-state index is 13.2. The third-order valence-corrected chi connectivity index (χ3v) is 14.2. The van der Waals surface area contributed by atoms with Crippen LogP contribution in [0.3, 0.4) is 0 Å². The normalized spacial score (nSPS) is 33.1. The Bertz CT molecular complexity index is 2390. The van der Waals surface area contributed by atoms with Gasteiger partial charge in [-0.3, -0.25) is 19.7 Å². The number of Topliss-reactive ketones (excluding diaryl/α,β-unsaturated/α-hetero) is 1. The standard InChI is InChI=1S/C48H50N4O7/c1-26-4-8-31(40(56)18-26)41(57)20-29(53)7-5-27-19-43-42(21-39(27)55)58-17-16-48(14-2-3-15-48)36-12-13-38(54)32-10-11-33-44-28(22-51-46(33)49)6-9-30(45(32)44)34-23-50-37-25-52(24-35(34)37)47(36)59-43/h4,8,10-11,19,21-23,25-26,28,30-31,36,38,40-41,46-47,54-57H,2-3,5-7,9,14-15,18,20,24,49H2,1H3/p+1. The molecule has 0 aromatic heterocycles. The first-order chi connectivity index (χ1) is 28.6. The number of aryl methyl sites for hydroxylation is 1. The molecule has 0 amide bonds. The Morgan fingerprint density at radius 1 is 1.08 bits per heavy atom. The Morgan fingerprint density at radius 2 is 1.92 bits per heavy atom. The molecule has 3 aliphatic carbocycles. The quantitative estimate of drug-likeness (QED) is 0.186. The number of nitrogens with one attached hydrogen (secondary N) is 1. The number of fused-ring (bicyclic) bond motifs is 6. The number of quaternary nitrogens is 1. The molecule has 7 N–H and O–H groups in total. The largest absolute Gasteiger partial charge is 0.508 e. The first-order valence-electron chi connectivity index (χ1n) is 21.3. The number of phenols is 1. The predicted molar refractivity (Wildman–Crippen MR) is 220 cm³/mol. The van der Waals surface area contributed by atoms with Crippen molar-refractivity contribution in [3.8, 4) is 41.1 Å². The van der Waals surface area contributed by atoms with E-state index in [1.165, 1.54) is 11.6 Å². The number of aliphatic imine (C=N–C) groups is 2. The number of ether oxygens (including phenoxy) is 2. The zero-order chi connectivity index (χ0) is 40.6. The highest BCUT2D eigenvalue weighted by Crippen LogP contribution is 2.51. The lowest BCUT2D eigenvalue weighted by atomic mass is 9.68. The van der Waals surface area contributed by atoms with Crippen molar-refractivity contribution < 1.29 is 39.6 Å². The molecule has 59 heavy (non-hydrogen) atoms. The highest BCUT2D eigenvalue weighted by Gasteiger charge is 2.52. The van der Waals surface area contributed by atoms with Gasteiger partial charge in [0.2, 0.25) is 0 Å². The average Bonchev–Trinajstić information content (AvgIpc) is 3.96. The molecule has 5 aliphatic heterocycles. The van der Waals surface area contributed by atoms with Gasteiger partial charge in [0.1, 0.15) is 54.3 Å². The van der Waals surface area contributed by atoms with Crippen LogP contribution < -0.4 is 20.1 Å². The molecular weight excluding hydrogens is 745 g/mol. The van der Waals surface area contributed by atoms with Gasteiger partial charge in [0.05, 0.1) is 17.6 Å². The first kappa shape index (κ1) is 38.2. The van der Waals surface area contributed by atoms with Crippen molar-refractivity contribution in [1.29, 1.82) is 0 Å². The van der Waals surface area contributed by atoms with Crippen molar-refractivity contribution >= 4 is 18.2 Å². The van der Waals surface area contributed by atoms with Crippen LogP contribution in [0, 0.1) is 47.0 Å². The van der Waals surface area contributed by atoms with Gasteiger partial charge in [-0.25, -0.2) is 0 Å². The van der Waals surface area contributed by atoms with E-state index in [0.717, 1.165) is 77.0 Å². The molecule has 2 aromatic carbocycles. The Morgan fingerprint density at radius 3 is 2.75 bits per heavy atom. The van der Waals surface area contributed by atoms with Crippen molar-refractivity contribution in [3.05, 3.63) is 87.3 Å². The van der Waals surface area contributed by atoms with Gasteiger partial charge < -0.3 is 35.6 Å². The van der Waals surface area contributed by atoms with Gasteiger partial charge in [0, 0.05) is 54.7 Å². The van der Waals surface area contributed by atoms with E-state index < -0.39 is 48.0 Å². The number of phenolic OH excluding ortho intramolecular Hbond substituents is 1. The summed E-state index contributed by atoms with van der Waals surface area (Å²) in [6.45, 7) is 2.63. The molecule has 11 atom stereocenters. The number of hydrogen-bond acceptors (Lipinski definition) is 10. The predicted octanol–water partition coefficient (Wildman–Crippen LogP) is 4.33. The third-order valence-electron chi connectivity index (χ3n) is 14.2. The van der Waals surface area contributed by atoms with Crippen LogP contribution in [0.1, 0.15) is 117 Å². The molecule has 11 nitrogen and oxygen atoms in total. The van der Waals surface area contributed by atoms with Crippen LogP contribution in [0.4, 0.5) is 0 Å². The topological polar surface area (TPSA) is 172 Å². The molecule has 1 fully saturated rings. The van der Waals surface area contributed by atoms with Gasteiger partial charge in [0.15, 0.2) is 11.5 Å². The van der Waals surface area contributed by atoms with Gasteiger partial charge in [0.25, 0.3) is 6.23 Å². The van der Waals surface area contributed by atoms with E-state index in [2.05, 4.69) is 35.1 Å². The molecular formula is C48H51N4O7+. The summed E-state index contributed by atoms with van der Waals surface area (Å²) >= 11 is 0. The molecule has 2 bridgehead atoms. The SMILES string of the molecule is CC1C=CC(C(O)CC(=O)CCc2cc3c(cc2O)OC#CC2(CCCC2)C2C#CC(O)c4ccc5c6c4C(CCC6C=NC5N)C4=C5C[NH+](C=C5N=C4)C2O3)C(O)C1. The van der Waals surface area contributed by atoms with Crippen LogP contribution >= 0.6 is 0 Å². The smallest absolute Gasteiger partial charge is 0.252 e. The van der Waals surface area contributed by atoms with Crippen LogP contribution in [0.5, 0.6) is 17.2 Å². The summed E-state index contributed by atoms with van der Waals surface area (Å²) in [7, 11) is 0. The molecule has 5 heterocycles. The molecule has 0 saturated heterocycles. The number of carbonyl (C=O) groups is 1. The van der Waals surface area contributed by atoms with Crippen LogP contribution in [0.25, 0.3) is 0 Å². The second-order valence-electron chi connectivity index (χ2n) is 17.9. The highest BCUT2D eigenvalue weighted by molar-refractivity contribution is 5.89. The van der Waals surface area contributed by atoms with Crippen LogP contribution in [0.2, 0.25) is 0 Å². The number of aliphatic hydroxyl groups excluding tert-OH is 3. The summed E-state index contributed by atoms with van der Waals surface area (Å²) in [5, 5.41) is 44.8. The van der Waals surface area contributed by atoms with Crippen molar-refractivity contribution in [2.45, 2.75) is 114 Å². The van der Waals surface area contributed by atoms with Crippen molar-refractivity contribution in [2.24, 2.45) is 38.9 Å². The maximum Gasteiger partial charge on any atom is 0.252 e. The van der Waals surface area contributed by atoms with Gasteiger partial charge >= 0.3 is 0 Å². The lowest BCUT2D eigenvalue weighted by Gasteiger charge is -2.38. The van der Waals surface area contributed by atoms with Gasteiger partial charge in [-0.15, -0.1) is 0 Å². The van der Waals surface area contributed by atoms with Crippen molar-refractivity contribution in [1.82, 2.24) is 0 Å². The number of allylic oxidation sites excluding steroid dienone is 2. The Hall–Kier alpha value is -5.01. The summed E-state index contributed by atoms with van der Waals surface area (Å²) in [5.74, 6) is 10.2. The fraction of sp³-hybridized carbons (Fsp3) is 0.479. The molecule has 11 unspecified atom stereocenters. The van der Waals surface area contributed by atoms with Gasteiger partial charge in [-0.2, -0.15) is 0 Å². The molecule has 304 valence electrons. The Kier molecular flexibility index (Phi) is 9.66. The summed E-state index contributed by atoms with van der Waals surface area (Å²) in [5.41, 5.74) is 13.7. The number of rotatable bonds is 6. The highest BCUT2D eigenvalue weighted by atomic mass is 16.5. The zero-order valence-corrected chi connectivity index (χ0v) is 33.2. The minimum absolute atomic E-state index is 0.00967. The molecule has 11 heteroatoms. The van der Waals surface area contributed by atoms with E-state index in [-0.39, 0.29) is 54.3 Å². The van der Waals surface area contributed by atoms with Crippen LogP contribution in [0.15, 0.2) is 69.4 Å². The number of nitrogens with two attached hydrogens (primary N) is 1. The Labute approximate surface area is 344 Å². The van der Waals surface area contributed by atoms with E-state index >= 15 is 0 Å². The lowest BCUT2D eigenvalue weighted by Crippen LogP contribution is -3.12. The van der Waals surface area contributed by atoms with E-state index in [4.69, 9.17) is 20.2 Å². The molecule has 2 aromatic rings. The minimum atomic E-state index is -1.08. The number of benzene rings is 2. The zero-order valence-electron chi connectivity index (χ0n) is 33.2. The summed E-state index contributed by atoms with van der Waals surface area (Å²) in [4.78, 5) is 23.8. The van der Waals surface area contributed by atoms with Crippen LogP contribution in [-0.4, -0.2) is 63.6 Å². The molecule has 8 aliphatic rings. The number of ketones is 1. The molecule has 10 rings (SSSR count). The molecule has 0 radical (unpaired) electrons. The van der Waals surface area contributed by atoms with Crippen molar-refractivity contribution in [2.75, 3.05) is 6.54 Å². The maximum absolute atomic E-state index is 13.2. The summed E-state index contributed by atoms with van der Waals surface area (Å²) < 4.78 is 13.2.